The molecule has 1 heterocycles. The summed E-state index contributed by atoms with van der Waals surface area (Å²) < 4.78 is 0. The van der Waals surface area contributed by atoms with Gasteiger partial charge in [-0.25, -0.2) is 0 Å². The smallest absolute Gasteiger partial charge is 0.240 e. The van der Waals surface area contributed by atoms with Gasteiger partial charge in [0.25, 0.3) is 0 Å². The van der Waals surface area contributed by atoms with Crippen molar-refractivity contribution in [2.45, 2.75) is 37.8 Å². The van der Waals surface area contributed by atoms with Crippen LogP contribution in [0.5, 0.6) is 0 Å². The Morgan fingerprint density at radius 3 is 2.76 bits per heavy atom. The number of amides is 2. The lowest BCUT2D eigenvalue weighted by molar-refractivity contribution is -0.143. The number of aliphatic hydroxyl groups excluding tert-OH is 1. The van der Waals surface area contributed by atoms with E-state index in [-0.39, 0.29) is 18.7 Å². The third-order valence-electron chi connectivity index (χ3n) is 3.79. The van der Waals surface area contributed by atoms with Crippen molar-refractivity contribution < 1.29 is 14.7 Å². The minimum atomic E-state index is -0.715. The average molecular weight is 311 g/mol. The van der Waals surface area contributed by atoms with Crippen LogP contribution < -0.4 is 5.73 Å². The second kappa shape index (κ2) is 6.91. The summed E-state index contributed by atoms with van der Waals surface area (Å²) in [5.41, 5.74) is 6.23. The Hall–Kier alpha value is -1.59. The van der Waals surface area contributed by atoms with Crippen molar-refractivity contribution >= 4 is 23.4 Å². The first-order valence-electron chi connectivity index (χ1n) is 6.99. The van der Waals surface area contributed by atoms with Crippen molar-refractivity contribution in [1.82, 2.24) is 4.90 Å². The lowest BCUT2D eigenvalue weighted by Crippen LogP contribution is -2.53. The van der Waals surface area contributed by atoms with Crippen molar-refractivity contribution in [2.75, 3.05) is 6.54 Å². The number of hydrogen-bond donors (Lipinski definition) is 2. The zero-order chi connectivity index (χ0) is 15.4. The zero-order valence-electron chi connectivity index (χ0n) is 11.7. The first-order chi connectivity index (χ1) is 9.99. The summed E-state index contributed by atoms with van der Waals surface area (Å²) in [4.78, 5) is 25.2. The van der Waals surface area contributed by atoms with Crippen LogP contribution in [0, 0.1) is 0 Å². The fourth-order valence-corrected chi connectivity index (χ4v) is 2.83. The molecule has 3 N–H and O–H groups in total. The molecule has 2 unspecified atom stereocenters. The number of halogens is 1. The van der Waals surface area contributed by atoms with Gasteiger partial charge in [0.2, 0.25) is 11.8 Å². The maximum absolute atomic E-state index is 12.3. The molecule has 6 heteroatoms. The molecule has 1 aromatic carbocycles. The number of aryl methyl sites for hydroxylation is 1. The van der Waals surface area contributed by atoms with Gasteiger partial charge in [-0.3, -0.25) is 9.59 Å². The molecule has 114 valence electrons. The first-order valence-corrected chi connectivity index (χ1v) is 7.37. The van der Waals surface area contributed by atoms with Crippen molar-refractivity contribution in [3.05, 3.63) is 34.9 Å². The Kier molecular flexibility index (Phi) is 5.20. The van der Waals surface area contributed by atoms with Crippen molar-refractivity contribution in [3.8, 4) is 0 Å². The van der Waals surface area contributed by atoms with Gasteiger partial charge in [0.15, 0.2) is 0 Å². The number of rotatable bonds is 4. The van der Waals surface area contributed by atoms with Crippen molar-refractivity contribution in [3.63, 3.8) is 0 Å². The lowest BCUT2D eigenvalue weighted by Gasteiger charge is -2.36. The predicted molar refractivity (Wildman–Crippen MR) is 79.7 cm³/mol. The van der Waals surface area contributed by atoms with Gasteiger partial charge in [-0.2, -0.15) is 0 Å². The number of likely N-dealkylation sites (tertiary alicyclic amines) is 1. The van der Waals surface area contributed by atoms with Gasteiger partial charge in [-0.1, -0.05) is 29.8 Å². The summed E-state index contributed by atoms with van der Waals surface area (Å²) in [6.07, 6.45) is 0.900. The molecule has 1 aliphatic heterocycles. The summed E-state index contributed by atoms with van der Waals surface area (Å²) >= 11 is 6.06. The normalized spacial score (nSPS) is 22.1. The largest absolute Gasteiger partial charge is 0.393 e. The number of carbonyl (C=O) groups is 2. The van der Waals surface area contributed by atoms with Crippen LogP contribution in [0.2, 0.25) is 5.02 Å². The summed E-state index contributed by atoms with van der Waals surface area (Å²) in [6.45, 7) is 0.357. The molecule has 5 nitrogen and oxygen atoms in total. The maximum atomic E-state index is 12.3. The van der Waals surface area contributed by atoms with E-state index in [1.54, 1.807) is 6.07 Å². The molecular formula is C15H19ClN2O3. The molecule has 1 aromatic rings. The van der Waals surface area contributed by atoms with E-state index in [4.69, 9.17) is 17.3 Å². The lowest BCUT2D eigenvalue weighted by atomic mass is 9.98. The van der Waals surface area contributed by atoms with Gasteiger partial charge in [0, 0.05) is 24.4 Å². The molecule has 0 spiro atoms. The summed E-state index contributed by atoms with van der Waals surface area (Å²) in [7, 11) is 0. The molecule has 2 atom stereocenters. The quantitative estimate of drug-likeness (QED) is 0.874. The van der Waals surface area contributed by atoms with Gasteiger partial charge in [0.1, 0.15) is 6.04 Å². The third kappa shape index (κ3) is 3.95. The van der Waals surface area contributed by atoms with Crippen LogP contribution in [-0.2, 0) is 16.0 Å². The Labute approximate surface area is 128 Å². The first kappa shape index (κ1) is 15.8. The highest BCUT2D eigenvalue weighted by molar-refractivity contribution is 6.31. The topological polar surface area (TPSA) is 83.6 Å². The highest BCUT2D eigenvalue weighted by atomic mass is 35.5. The van der Waals surface area contributed by atoms with Crippen LogP contribution >= 0.6 is 11.6 Å². The van der Waals surface area contributed by atoms with E-state index < -0.39 is 18.1 Å². The van der Waals surface area contributed by atoms with Crippen LogP contribution in [0.15, 0.2) is 24.3 Å². The number of primary amides is 1. The molecule has 2 rings (SSSR count). The molecule has 0 aromatic heterocycles. The zero-order valence-corrected chi connectivity index (χ0v) is 12.4. The maximum Gasteiger partial charge on any atom is 0.240 e. The molecule has 21 heavy (non-hydrogen) atoms. The number of hydrogen-bond acceptors (Lipinski definition) is 3. The van der Waals surface area contributed by atoms with Gasteiger partial charge >= 0.3 is 0 Å². The third-order valence-corrected chi connectivity index (χ3v) is 4.16. The average Bonchev–Trinajstić information content (AvgIpc) is 2.46. The minimum Gasteiger partial charge on any atom is -0.393 e. The van der Waals surface area contributed by atoms with Crippen molar-refractivity contribution in [2.24, 2.45) is 5.73 Å². The summed E-state index contributed by atoms with van der Waals surface area (Å²) in [5, 5.41) is 10.2. The van der Waals surface area contributed by atoms with Crippen LogP contribution in [0.1, 0.15) is 24.8 Å². The van der Waals surface area contributed by atoms with Gasteiger partial charge in [-0.05, 0) is 24.5 Å². The van der Waals surface area contributed by atoms with Crippen LogP contribution in [-0.4, -0.2) is 40.5 Å². The predicted octanol–water partition coefficient (Wildman–Crippen LogP) is 1.11. The van der Waals surface area contributed by atoms with E-state index >= 15 is 0 Å². The van der Waals surface area contributed by atoms with E-state index in [0.717, 1.165) is 5.56 Å². The second-order valence-electron chi connectivity index (χ2n) is 5.27. The van der Waals surface area contributed by atoms with Crippen LogP contribution in [0.25, 0.3) is 0 Å². The Balaban J connectivity index is 1.99. The fourth-order valence-electron chi connectivity index (χ4n) is 2.60. The molecule has 0 aliphatic carbocycles. The van der Waals surface area contributed by atoms with Crippen molar-refractivity contribution in [1.29, 1.82) is 0 Å². The van der Waals surface area contributed by atoms with E-state index in [9.17, 15) is 14.7 Å². The number of benzene rings is 1. The van der Waals surface area contributed by atoms with Crippen LogP contribution in [0.3, 0.4) is 0 Å². The highest BCUT2D eigenvalue weighted by Gasteiger charge is 2.33. The monoisotopic (exact) mass is 310 g/mol. The summed E-state index contributed by atoms with van der Waals surface area (Å²) in [6, 6.07) is 6.65. The molecule has 1 fully saturated rings. The highest BCUT2D eigenvalue weighted by Crippen LogP contribution is 2.21. The van der Waals surface area contributed by atoms with E-state index in [0.29, 0.717) is 24.4 Å². The number of carbonyl (C=O) groups excluding carboxylic acids is 2. The number of piperidine rings is 1. The summed E-state index contributed by atoms with van der Waals surface area (Å²) in [5.74, 6) is -0.703. The van der Waals surface area contributed by atoms with Crippen LogP contribution in [0.4, 0.5) is 0 Å². The molecule has 0 saturated carbocycles. The fraction of sp³-hybridized carbons (Fsp3) is 0.467. The van der Waals surface area contributed by atoms with Gasteiger partial charge in [0.05, 0.1) is 6.10 Å². The number of nitrogens with zero attached hydrogens (tertiary/aromatic N) is 1. The Morgan fingerprint density at radius 1 is 1.38 bits per heavy atom. The van der Waals surface area contributed by atoms with Gasteiger partial charge < -0.3 is 15.7 Å². The molecule has 1 saturated heterocycles. The number of aliphatic hydroxyl groups is 1. The molecular weight excluding hydrogens is 292 g/mol. The number of nitrogens with two attached hydrogens (primary N) is 1. The molecule has 0 bridgehead atoms. The SMILES string of the molecule is NC(=O)C1CC(O)CCN1C(=O)CCc1ccccc1Cl. The Morgan fingerprint density at radius 2 is 2.10 bits per heavy atom. The minimum absolute atomic E-state index is 0.134. The Bertz CT molecular complexity index is 535. The second-order valence-corrected chi connectivity index (χ2v) is 5.68. The molecule has 0 radical (unpaired) electrons. The standard InChI is InChI=1S/C15H19ClN2O3/c16-12-4-2-1-3-10(12)5-6-14(20)18-8-7-11(19)9-13(18)15(17)21/h1-4,11,13,19H,5-9H2,(H2,17,21). The molecule has 1 aliphatic rings. The van der Waals surface area contributed by atoms with E-state index in [2.05, 4.69) is 0 Å². The van der Waals surface area contributed by atoms with E-state index in [1.165, 1.54) is 4.90 Å². The van der Waals surface area contributed by atoms with Gasteiger partial charge in [-0.15, -0.1) is 0 Å². The van der Waals surface area contributed by atoms with E-state index in [1.807, 2.05) is 18.2 Å². The molecule has 2 amide bonds.